The van der Waals surface area contributed by atoms with Crippen LogP contribution >= 0.6 is 11.6 Å². The molecule has 3 aromatic heterocycles. The maximum atomic E-state index is 14.9. The predicted octanol–water partition coefficient (Wildman–Crippen LogP) is 6.07. The minimum atomic E-state index is -0.528. The van der Waals surface area contributed by atoms with Crippen LogP contribution in [-0.2, 0) is 0 Å². The Morgan fingerprint density at radius 2 is 1.87 bits per heavy atom. The molecule has 200 valence electrons. The average molecular weight is 545 g/mol. The first-order valence-electron chi connectivity index (χ1n) is 13.1. The van der Waals surface area contributed by atoms with E-state index in [1.54, 1.807) is 31.2 Å². The second kappa shape index (κ2) is 10.4. The predicted molar refractivity (Wildman–Crippen MR) is 153 cm³/mol. The van der Waals surface area contributed by atoms with Crippen LogP contribution in [0.4, 0.5) is 10.2 Å². The molecule has 4 heterocycles. The van der Waals surface area contributed by atoms with Gasteiger partial charge in [-0.15, -0.1) is 6.42 Å². The number of hydrogen-bond donors (Lipinski definition) is 0. The molecule has 2 atom stereocenters. The molecule has 5 rings (SSSR count). The Morgan fingerprint density at radius 3 is 2.56 bits per heavy atom. The maximum absolute atomic E-state index is 14.9. The summed E-state index contributed by atoms with van der Waals surface area (Å²) in [5, 5.41) is 0.856. The molecule has 0 aliphatic carbocycles. The molecular weight excluding hydrogens is 515 g/mol. The zero-order chi connectivity index (χ0) is 28.0. The Balaban J connectivity index is 1.91. The van der Waals surface area contributed by atoms with Gasteiger partial charge < -0.3 is 4.90 Å². The van der Waals surface area contributed by atoms with E-state index < -0.39 is 11.5 Å². The van der Waals surface area contributed by atoms with Crippen molar-refractivity contribution in [3.8, 4) is 29.3 Å². The molecule has 1 aliphatic rings. The number of pyridine rings is 1. The van der Waals surface area contributed by atoms with Gasteiger partial charge in [0.05, 0.1) is 33.2 Å². The molecule has 1 saturated heterocycles. The molecule has 7 nitrogen and oxygen atoms in total. The Bertz CT molecular complexity index is 1690. The van der Waals surface area contributed by atoms with Crippen molar-refractivity contribution in [1.82, 2.24) is 24.5 Å². The van der Waals surface area contributed by atoms with E-state index in [0.29, 0.717) is 39.8 Å². The van der Waals surface area contributed by atoms with Crippen molar-refractivity contribution >= 4 is 28.5 Å². The lowest BCUT2D eigenvalue weighted by atomic mass is 9.95. The highest BCUT2D eigenvalue weighted by atomic mass is 35.5. The fraction of sp³-hybridized carbons (Fsp3) is 0.367. The molecule has 0 radical (unpaired) electrons. The van der Waals surface area contributed by atoms with Crippen LogP contribution in [-0.4, -0.2) is 37.1 Å². The van der Waals surface area contributed by atoms with Crippen LogP contribution in [0.1, 0.15) is 63.7 Å². The van der Waals surface area contributed by atoms with Gasteiger partial charge in [-0.2, -0.15) is 4.98 Å². The maximum Gasteiger partial charge on any atom is 0.355 e. The first-order valence-corrected chi connectivity index (χ1v) is 13.5. The summed E-state index contributed by atoms with van der Waals surface area (Å²) in [5.41, 5.74) is 1.83. The summed E-state index contributed by atoms with van der Waals surface area (Å²) < 4.78 is 16.3. The Labute approximate surface area is 232 Å². The van der Waals surface area contributed by atoms with Crippen LogP contribution in [0.25, 0.3) is 28.0 Å². The number of hydrogen-bond acceptors (Lipinski definition) is 6. The minimum absolute atomic E-state index is 0.0864. The summed E-state index contributed by atoms with van der Waals surface area (Å²) in [7, 11) is 0. The second-order valence-corrected chi connectivity index (χ2v) is 11.0. The third-order valence-corrected chi connectivity index (χ3v) is 7.59. The number of aryl methyl sites for hydroxylation is 1. The van der Waals surface area contributed by atoms with Gasteiger partial charge in [0.25, 0.3) is 0 Å². The van der Waals surface area contributed by atoms with Gasteiger partial charge in [0.2, 0.25) is 5.82 Å². The van der Waals surface area contributed by atoms with Gasteiger partial charge in [-0.25, -0.2) is 28.7 Å². The summed E-state index contributed by atoms with van der Waals surface area (Å²) in [4.78, 5) is 34.6. The van der Waals surface area contributed by atoms with E-state index in [2.05, 4.69) is 39.6 Å². The SMILES string of the molecule is C#Cc1nc(C)c(-n2c(=O)nc(N3C[C@@H](C)CC[C@@H]3C)c3cc(Cl)c(-c4ccccc4F)nc32)c(C(C)C)n1. The average Bonchev–Trinajstić information content (AvgIpc) is 2.90. The van der Waals surface area contributed by atoms with Crippen molar-refractivity contribution in [2.24, 2.45) is 5.92 Å². The van der Waals surface area contributed by atoms with Gasteiger partial charge in [-0.1, -0.05) is 44.5 Å². The van der Waals surface area contributed by atoms with Crippen molar-refractivity contribution in [2.75, 3.05) is 11.4 Å². The van der Waals surface area contributed by atoms with Gasteiger partial charge in [0.15, 0.2) is 5.65 Å². The van der Waals surface area contributed by atoms with Crippen molar-refractivity contribution < 1.29 is 4.39 Å². The van der Waals surface area contributed by atoms with E-state index in [1.807, 2.05) is 13.8 Å². The quantitative estimate of drug-likeness (QED) is 0.290. The summed E-state index contributed by atoms with van der Waals surface area (Å²) in [6, 6.07) is 8.19. The third-order valence-electron chi connectivity index (χ3n) is 7.30. The highest BCUT2D eigenvalue weighted by Gasteiger charge is 2.29. The van der Waals surface area contributed by atoms with E-state index in [0.717, 1.165) is 19.4 Å². The Kier molecular flexibility index (Phi) is 7.13. The van der Waals surface area contributed by atoms with Crippen LogP contribution in [0, 0.1) is 31.0 Å². The molecule has 0 N–H and O–H groups in total. The molecule has 4 aromatic rings. The number of benzene rings is 1. The molecule has 0 unspecified atom stereocenters. The van der Waals surface area contributed by atoms with E-state index in [1.165, 1.54) is 10.6 Å². The van der Waals surface area contributed by atoms with Crippen molar-refractivity contribution in [1.29, 1.82) is 0 Å². The summed E-state index contributed by atoms with van der Waals surface area (Å²) >= 11 is 6.77. The molecule has 0 bridgehead atoms. The van der Waals surface area contributed by atoms with E-state index in [9.17, 15) is 9.18 Å². The highest BCUT2D eigenvalue weighted by molar-refractivity contribution is 6.33. The molecule has 0 saturated carbocycles. The Morgan fingerprint density at radius 1 is 1.13 bits per heavy atom. The molecular formula is C30H30ClFN6O. The third kappa shape index (κ3) is 4.76. The molecule has 0 amide bonds. The largest absolute Gasteiger partial charge is 0.355 e. The summed E-state index contributed by atoms with van der Waals surface area (Å²) in [6.07, 6.45) is 7.68. The number of aromatic nitrogens is 5. The fourth-order valence-electron chi connectivity index (χ4n) is 5.28. The van der Waals surface area contributed by atoms with E-state index in [4.69, 9.17) is 23.0 Å². The van der Waals surface area contributed by atoms with Gasteiger partial charge in [-0.3, -0.25) is 0 Å². The second-order valence-electron chi connectivity index (χ2n) is 10.6. The lowest BCUT2D eigenvalue weighted by molar-refractivity contribution is 0.388. The van der Waals surface area contributed by atoms with E-state index >= 15 is 0 Å². The molecule has 1 fully saturated rings. The van der Waals surface area contributed by atoms with Crippen molar-refractivity contribution in [3.63, 3.8) is 0 Å². The van der Waals surface area contributed by atoms with Gasteiger partial charge >= 0.3 is 5.69 Å². The Hall–Kier alpha value is -3.83. The zero-order valence-corrected chi connectivity index (χ0v) is 23.4. The highest BCUT2D eigenvalue weighted by Crippen LogP contribution is 2.37. The standard InChI is InChI=1S/C30H30ClFN6O/c1-7-24-33-19(6)27(25(34-24)16(2)3)38-29-21(14-22(31)26(35-29)20-10-8-9-11-23(20)32)28(36-30(38)39)37-15-17(4)12-13-18(37)5/h1,8-11,14,16-18H,12-13,15H2,2-6H3/t17-,18-/m0/s1. The monoisotopic (exact) mass is 544 g/mol. The molecule has 39 heavy (non-hydrogen) atoms. The summed E-state index contributed by atoms with van der Waals surface area (Å²) in [5.74, 6) is 3.13. The summed E-state index contributed by atoms with van der Waals surface area (Å²) in [6.45, 7) is 10.8. The van der Waals surface area contributed by atoms with E-state index in [-0.39, 0.29) is 34.1 Å². The fourth-order valence-corrected chi connectivity index (χ4v) is 5.54. The molecule has 1 aromatic carbocycles. The van der Waals surface area contributed by atoms with Crippen LogP contribution in [0.15, 0.2) is 35.1 Å². The lowest BCUT2D eigenvalue weighted by Gasteiger charge is -2.38. The number of rotatable bonds is 4. The minimum Gasteiger partial charge on any atom is -0.353 e. The normalized spacial score (nSPS) is 17.6. The molecule has 0 spiro atoms. The van der Waals surface area contributed by atoms with Gasteiger partial charge in [-0.05, 0) is 62.6 Å². The number of fused-ring (bicyclic) bond motifs is 1. The molecule has 1 aliphatic heterocycles. The smallest absolute Gasteiger partial charge is 0.353 e. The van der Waals surface area contributed by atoms with Crippen LogP contribution in [0.3, 0.4) is 0 Å². The zero-order valence-electron chi connectivity index (χ0n) is 22.7. The number of terminal acetylenes is 1. The van der Waals surface area contributed by atoms with Gasteiger partial charge in [0, 0.05) is 18.2 Å². The van der Waals surface area contributed by atoms with Crippen molar-refractivity contribution in [2.45, 2.75) is 59.4 Å². The number of nitrogens with zero attached hydrogens (tertiary/aromatic N) is 6. The van der Waals surface area contributed by atoms with Gasteiger partial charge in [0.1, 0.15) is 11.6 Å². The number of halogens is 2. The lowest BCUT2D eigenvalue weighted by Crippen LogP contribution is -2.43. The topological polar surface area (TPSA) is 76.8 Å². The first-order chi connectivity index (χ1) is 18.6. The first kappa shape index (κ1) is 26.8. The van der Waals surface area contributed by atoms with Crippen LogP contribution in [0.2, 0.25) is 5.02 Å². The number of anilines is 1. The van der Waals surface area contributed by atoms with Crippen LogP contribution in [0.5, 0.6) is 0 Å². The van der Waals surface area contributed by atoms with Crippen LogP contribution < -0.4 is 10.6 Å². The molecule has 9 heteroatoms. The number of piperidine rings is 1. The van der Waals surface area contributed by atoms with Crippen molar-refractivity contribution in [3.05, 3.63) is 68.9 Å².